The van der Waals surface area contributed by atoms with Gasteiger partial charge in [-0.05, 0) is 66.7 Å². The zero-order valence-corrected chi connectivity index (χ0v) is 18.3. The fourth-order valence-corrected chi connectivity index (χ4v) is 3.00. The van der Waals surface area contributed by atoms with E-state index >= 15 is 0 Å². The molecule has 1 heterocycles. The van der Waals surface area contributed by atoms with Gasteiger partial charge in [0, 0.05) is 5.69 Å². The minimum atomic E-state index is 0.279. The Labute approximate surface area is 166 Å². The van der Waals surface area contributed by atoms with Gasteiger partial charge in [0.05, 0.1) is 5.71 Å². The molecule has 0 aliphatic heterocycles. The quantitative estimate of drug-likeness (QED) is 0.493. The molecule has 146 valence electrons. The van der Waals surface area contributed by atoms with Crippen molar-refractivity contribution in [2.24, 2.45) is 15.8 Å². The molecular formula is C25H36N2. The molecule has 0 unspecified atom stereocenters. The predicted molar refractivity (Wildman–Crippen MR) is 118 cm³/mol. The zero-order chi connectivity index (χ0) is 20.1. The van der Waals surface area contributed by atoms with E-state index in [1.165, 1.54) is 17.5 Å². The Morgan fingerprint density at radius 1 is 0.852 bits per heavy atom. The first kappa shape index (κ1) is 21.3. The van der Waals surface area contributed by atoms with E-state index in [0.29, 0.717) is 5.41 Å². The molecule has 0 aliphatic carbocycles. The van der Waals surface area contributed by atoms with Crippen LogP contribution >= 0.6 is 0 Å². The third-order valence-corrected chi connectivity index (χ3v) is 4.71. The minimum Gasteiger partial charge on any atom is -0.234 e. The van der Waals surface area contributed by atoms with Crippen LogP contribution in [0.25, 0.3) is 0 Å². The summed E-state index contributed by atoms with van der Waals surface area (Å²) in [5.41, 5.74) is 5.46. The molecule has 0 radical (unpaired) electrons. The van der Waals surface area contributed by atoms with Crippen LogP contribution in [-0.2, 0) is 6.42 Å². The van der Waals surface area contributed by atoms with Gasteiger partial charge in [-0.2, -0.15) is 0 Å². The number of hydrogen-bond donors (Lipinski definition) is 0. The normalized spacial score (nSPS) is 13.1. The van der Waals surface area contributed by atoms with E-state index in [9.17, 15) is 0 Å². The number of pyridine rings is 1. The van der Waals surface area contributed by atoms with Crippen molar-refractivity contribution in [1.29, 1.82) is 0 Å². The van der Waals surface area contributed by atoms with Gasteiger partial charge in [0.25, 0.3) is 0 Å². The molecule has 2 nitrogen and oxygen atoms in total. The first-order valence-electron chi connectivity index (χ1n) is 10.1. The maximum atomic E-state index is 5.00. The molecule has 2 heteroatoms. The fraction of sp³-hybridized carbons (Fsp3) is 0.520. The van der Waals surface area contributed by atoms with Crippen LogP contribution in [0.3, 0.4) is 0 Å². The van der Waals surface area contributed by atoms with Crippen LogP contribution < -0.4 is 0 Å². The average Bonchev–Trinajstić information content (AvgIpc) is 2.56. The highest BCUT2D eigenvalue weighted by molar-refractivity contribution is 6.03. The van der Waals surface area contributed by atoms with Crippen molar-refractivity contribution in [3.63, 3.8) is 0 Å². The highest BCUT2D eigenvalue weighted by Gasteiger charge is 2.17. The van der Waals surface area contributed by atoms with Crippen LogP contribution in [0.5, 0.6) is 0 Å². The second-order valence-electron chi connectivity index (χ2n) is 9.97. The van der Waals surface area contributed by atoms with Gasteiger partial charge in [0.2, 0.25) is 0 Å². The lowest BCUT2D eigenvalue weighted by atomic mass is 9.85. The summed E-state index contributed by atoms with van der Waals surface area (Å²) in [5.74, 6) is 0.810. The number of aliphatic imine (C=N–C) groups is 1. The molecule has 0 spiro atoms. The van der Waals surface area contributed by atoms with Crippen LogP contribution in [0, 0.1) is 17.8 Å². The van der Waals surface area contributed by atoms with E-state index in [2.05, 4.69) is 70.8 Å². The Balaban J connectivity index is 2.41. The predicted octanol–water partition coefficient (Wildman–Crippen LogP) is 7.32. The van der Waals surface area contributed by atoms with E-state index in [-0.39, 0.29) is 5.41 Å². The Morgan fingerprint density at radius 3 is 2.15 bits per heavy atom. The molecule has 2 rings (SSSR count). The highest BCUT2D eigenvalue weighted by Crippen LogP contribution is 2.27. The number of benzene rings is 1. The van der Waals surface area contributed by atoms with E-state index in [4.69, 9.17) is 4.99 Å². The average molecular weight is 365 g/mol. The van der Waals surface area contributed by atoms with Gasteiger partial charge < -0.3 is 0 Å². The Morgan fingerprint density at radius 2 is 1.52 bits per heavy atom. The summed E-state index contributed by atoms with van der Waals surface area (Å²) >= 11 is 0. The first-order valence-corrected chi connectivity index (χ1v) is 10.1. The number of rotatable bonds is 6. The van der Waals surface area contributed by atoms with Crippen molar-refractivity contribution in [3.8, 4) is 0 Å². The number of nitrogens with zero attached hydrogens (tertiary/aromatic N) is 2. The van der Waals surface area contributed by atoms with Gasteiger partial charge >= 0.3 is 0 Å². The third-order valence-electron chi connectivity index (χ3n) is 4.71. The van der Waals surface area contributed by atoms with Crippen molar-refractivity contribution in [2.75, 3.05) is 0 Å². The summed E-state index contributed by atoms with van der Waals surface area (Å²) < 4.78 is 0. The number of hydrogen-bond acceptors (Lipinski definition) is 2. The second-order valence-corrected chi connectivity index (χ2v) is 9.97. The number of aryl methyl sites for hydroxylation is 2. The van der Waals surface area contributed by atoms with Gasteiger partial charge in [-0.15, -0.1) is 0 Å². The maximum absolute atomic E-state index is 5.00. The van der Waals surface area contributed by atoms with Gasteiger partial charge in [0.1, 0.15) is 0 Å². The van der Waals surface area contributed by atoms with Gasteiger partial charge in [-0.1, -0.05) is 71.9 Å². The summed E-state index contributed by atoms with van der Waals surface area (Å²) in [6.45, 7) is 15.8. The molecule has 27 heavy (non-hydrogen) atoms. The van der Waals surface area contributed by atoms with Crippen molar-refractivity contribution in [2.45, 2.75) is 74.1 Å². The standard InChI is InChI=1S/C25H36N2/c1-19-11-10-14-23(26-19)27-22(16-18-25(5,6)7)21-13-9-8-12-20(21)15-17-24(2,3)4/h8-14H,15-18H2,1-7H3/b27-22+. The molecule has 1 aromatic heterocycles. The molecule has 0 saturated carbocycles. The Kier molecular flexibility index (Phi) is 6.97. The molecule has 2 aromatic rings. The summed E-state index contributed by atoms with van der Waals surface area (Å²) in [6.07, 6.45) is 4.31. The molecular weight excluding hydrogens is 328 g/mol. The minimum absolute atomic E-state index is 0.279. The molecule has 0 N–H and O–H groups in total. The van der Waals surface area contributed by atoms with Crippen LogP contribution in [0.4, 0.5) is 5.82 Å². The maximum Gasteiger partial charge on any atom is 0.152 e. The highest BCUT2D eigenvalue weighted by atomic mass is 14.9. The Hall–Kier alpha value is -1.96. The summed E-state index contributed by atoms with van der Waals surface area (Å²) in [7, 11) is 0. The molecule has 0 fully saturated rings. The SMILES string of the molecule is Cc1cccc(/N=C(\CCC(C)(C)C)c2ccccc2CCC(C)(C)C)n1. The smallest absolute Gasteiger partial charge is 0.152 e. The molecule has 0 amide bonds. The fourth-order valence-electron chi connectivity index (χ4n) is 3.00. The van der Waals surface area contributed by atoms with E-state index in [0.717, 1.165) is 36.5 Å². The van der Waals surface area contributed by atoms with Crippen LogP contribution in [0.1, 0.15) is 77.6 Å². The van der Waals surface area contributed by atoms with Crippen molar-refractivity contribution in [3.05, 3.63) is 59.3 Å². The largest absolute Gasteiger partial charge is 0.234 e. The molecule has 0 aliphatic rings. The third kappa shape index (κ3) is 7.66. The van der Waals surface area contributed by atoms with Crippen molar-refractivity contribution >= 4 is 11.5 Å². The lowest BCUT2D eigenvalue weighted by molar-refractivity contribution is 0.378. The molecule has 0 bridgehead atoms. The first-order chi connectivity index (χ1) is 12.5. The lowest BCUT2D eigenvalue weighted by Gasteiger charge is -2.21. The zero-order valence-electron chi connectivity index (χ0n) is 18.3. The van der Waals surface area contributed by atoms with Crippen LogP contribution in [0.2, 0.25) is 0 Å². The Bertz CT molecular complexity index is 773. The van der Waals surface area contributed by atoms with Gasteiger partial charge in [-0.3, -0.25) is 0 Å². The summed E-state index contributed by atoms with van der Waals surface area (Å²) in [4.78, 5) is 9.61. The van der Waals surface area contributed by atoms with Crippen molar-refractivity contribution < 1.29 is 0 Å². The topological polar surface area (TPSA) is 25.2 Å². The molecule has 0 atom stereocenters. The summed E-state index contributed by atoms with van der Waals surface area (Å²) in [6, 6.07) is 14.8. The molecule has 0 saturated heterocycles. The van der Waals surface area contributed by atoms with Crippen molar-refractivity contribution in [1.82, 2.24) is 4.98 Å². The van der Waals surface area contributed by atoms with Gasteiger partial charge in [-0.25, -0.2) is 9.98 Å². The number of aromatic nitrogens is 1. The molecule has 1 aromatic carbocycles. The van der Waals surface area contributed by atoms with Crippen LogP contribution in [0.15, 0.2) is 47.5 Å². The lowest BCUT2D eigenvalue weighted by Crippen LogP contribution is -2.13. The summed E-state index contributed by atoms with van der Waals surface area (Å²) in [5, 5.41) is 0. The van der Waals surface area contributed by atoms with Gasteiger partial charge in [0.15, 0.2) is 5.82 Å². The van der Waals surface area contributed by atoms with E-state index < -0.39 is 0 Å². The monoisotopic (exact) mass is 364 g/mol. The van der Waals surface area contributed by atoms with Crippen LogP contribution in [-0.4, -0.2) is 10.7 Å². The van der Waals surface area contributed by atoms with E-state index in [1.54, 1.807) is 0 Å². The van der Waals surface area contributed by atoms with E-state index in [1.807, 2.05) is 25.1 Å². The second kappa shape index (κ2) is 8.82.